The molecule has 1 saturated carbocycles. The molecule has 0 saturated heterocycles. The fourth-order valence-electron chi connectivity index (χ4n) is 3.37. The standard InChI is InChI=1S/C21H20N2O2/c1-15(17-9-8-16-5-2-3-6-18(16)13-17)23(20-10-11-20)21(24)19-7-4-12-22(25)14-19/h2-9,12-15,20H,10-11H2,1H3. The SMILES string of the molecule is CC(c1ccc2ccccc2c1)N(C(=O)c1ccc[n+]([O-])c1)C1CC1. The molecule has 1 amide bonds. The predicted octanol–water partition coefficient (Wildman–Crippen LogP) is 3.84. The van der Waals surface area contributed by atoms with Gasteiger partial charge in [-0.1, -0.05) is 36.4 Å². The van der Waals surface area contributed by atoms with Crippen LogP contribution < -0.4 is 4.73 Å². The monoisotopic (exact) mass is 332 g/mol. The molecule has 1 heterocycles. The lowest BCUT2D eigenvalue weighted by Crippen LogP contribution is -2.37. The molecule has 1 unspecified atom stereocenters. The minimum Gasteiger partial charge on any atom is -0.619 e. The number of rotatable bonds is 4. The van der Waals surface area contributed by atoms with E-state index in [9.17, 15) is 10.0 Å². The molecule has 0 spiro atoms. The summed E-state index contributed by atoms with van der Waals surface area (Å²) in [5, 5.41) is 13.9. The maximum absolute atomic E-state index is 13.0. The van der Waals surface area contributed by atoms with Crippen molar-refractivity contribution in [1.29, 1.82) is 0 Å². The Balaban J connectivity index is 1.68. The minimum absolute atomic E-state index is 0.0371. The van der Waals surface area contributed by atoms with Crippen molar-refractivity contribution in [3.63, 3.8) is 0 Å². The molecule has 1 fully saturated rings. The van der Waals surface area contributed by atoms with Gasteiger partial charge in [0.25, 0.3) is 5.91 Å². The third-order valence-electron chi connectivity index (χ3n) is 4.87. The van der Waals surface area contributed by atoms with Crippen molar-refractivity contribution in [3.8, 4) is 0 Å². The zero-order valence-corrected chi connectivity index (χ0v) is 14.1. The molecule has 2 aromatic carbocycles. The van der Waals surface area contributed by atoms with Crippen molar-refractivity contribution >= 4 is 16.7 Å². The normalized spacial score (nSPS) is 15.1. The summed E-state index contributed by atoms with van der Waals surface area (Å²) in [7, 11) is 0. The van der Waals surface area contributed by atoms with Gasteiger partial charge in [-0.15, -0.1) is 0 Å². The highest BCUT2D eigenvalue weighted by atomic mass is 16.5. The molecule has 0 radical (unpaired) electrons. The molecule has 3 aromatic rings. The lowest BCUT2D eigenvalue weighted by atomic mass is 10.0. The lowest BCUT2D eigenvalue weighted by Gasteiger charge is -2.30. The minimum atomic E-state index is -0.0756. The van der Waals surface area contributed by atoms with Crippen molar-refractivity contribution in [2.24, 2.45) is 0 Å². The van der Waals surface area contributed by atoms with Crippen molar-refractivity contribution < 1.29 is 9.52 Å². The molecule has 0 bridgehead atoms. The smallest absolute Gasteiger partial charge is 0.260 e. The van der Waals surface area contributed by atoms with Crippen LogP contribution in [0.15, 0.2) is 67.0 Å². The van der Waals surface area contributed by atoms with Crippen LogP contribution in [0.2, 0.25) is 0 Å². The third kappa shape index (κ3) is 3.07. The number of amides is 1. The van der Waals surface area contributed by atoms with Crippen LogP contribution in [0, 0.1) is 5.21 Å². The Hall–Kier alpha value is -2.88. The van der Waals surface area contributed by atoms with Crippen molar-refractivity contribution in [2.45, 2.75) is 31.8 Å². The molecule has 1 atom stereocenters. The average molecular weight is 332 g/mol. The van der Waals surface area contributed by atoms with Gasteiger partial charge < -0.3 is 10.1 Å². The molecule has 0 N–H and O–H groups in total. The van der Waals surface area contributed by atoms with Gasteiger partial charge in [-0.25, -0.2) is 0 Å². The first-order valence-corrected chi connectivity index (χ1v) is 8.64. The molecule has 1 aliphatic rings. The molecule has 4 heteroatoms. The maximum Gasteiger partial charge on any atom is 0.260 e. The fraction of sp³-hybridized carbons (Fsp3) is 0.238. The topological polar surface area (TPSA) is 47.2 Å². The summed E-state index contributed by atoms with van der Waals surface area (Å²) in [5.74, 6) is -0.0756. The predicted molar refractivity (Wildman–Crippen MR) is 97.0 cm³/mol. The first kappa shape index (κ1) is 15.6. The second kappa shape index (κ2) is 6.20. The molecule has 25 heavy (non-hydrogen) atoms. The number of carbonyl (C=O) groups is 1. The summed E-state index contributed by atoms with van der Waals surface area (Å²) in [6.45, 7) is 2.06. The summed E-state index contributed by atoms with van der Waals surface area (Å²) in [6, 6.07) is 18.1. The van der Waals surface area contributed by atoms with Gasteiger partial charge in [0.1, 0.15) is 5.56 Å². The van der Waals surface area contributed by atoms with E-state index in [0.29, 0.717) is 10.3 Å². The van der Waals surface area contributed by atoms with Gasteiger partial charge in [-0.3, -0.25) is 4.79 Å². The van der Waals surface area contributed by atoms with Crippen LogP contribution in [-0.4, -0.2) is 16.8 Å². The molecule has 126 valence electrons. The Labute approximate surface area is 146 Å². The Kier molecular flexibility index (Phi) is 3.88. The Bertz CT molecular complexity index is 934. The highest BCUT2D eigenvalue weighted by Crippen LogP contribution is 2.36. The van der Waals surface area contributed by atoms with Gasteiger partial charge in [-0.05, 0) is 48.2 Å². The number of carbonyl (C=O) groups excluding carboxylic acids is 1. The van der Waals surface area contributed by atoms with Gasteiger partial charge >= 0.3 is 0 Å². The lowest BCUT2D eigenvalue weighted by molar-refractivity contribution is -0.605. The van der Waals surface area contributed by atoms with E-state index in [1.54, 1.807) is 12.1 Å². The van der Waals surface area contributed by atoms with Crippen molar-refractivity contribution in [1.82, 2.24) is 4.90 Å². The summed E-state index contributed by atoms with van der Waals surface area (Å²) < 4.78 is 0.680. The van der Waals surface area contributed by atoms with E-state index in [2.05, 4.69) is 37.3 Å². The molecular formula is C21H20N2O2. The third-order valence-corrected chi connectivity index (χ3v) is 4.87. The van der Waals surface area contributed by atoms with Crippen LogP contribution in [0.4, 0.5) is 0 Å². The van der Waals surface area contributed by atoms with E-state index in [0.717, 1.165) is 18.4 Å². The Morgan fingerprint density at radius 1 is 1.12 bits per heavy atom. The highest BCUT2D eigenvalue weighted by Gasteiger charge is 2.37. The first-order valence-electron chi connectivity index (χ1n) is 8.64. The number of hydrogen-bond acceptors (Lipinski definition) is 2. The van der Waals surface area contributed by atoms with Crippen LogP contribution in [0.25, 0.3) is 10.8 Å². The fourth-order valence-corrected chi connectivity index (χ4v) is 3.37. The molecule has 4 nitrogen and oxygen atoms in total. The highest BCUT2D eigenvalue weighted by molar-refractivity contribution is 5.94. The molecule has 1 aliphatic carbocycles. The van der Waals surface area contributed by atoms with Crippen molar-refractivity contribution in [3.05, 3.63) is 83.3 Å². The summed E-state index contributed by atoms with van der Waals surface area (Å²) in [6.07, 6.45) is 4.79. The van der Waals surface area contributed by atoms with Gasteiger partial charge in [-0.2, -0.15) is 4.73 Å². The average Bonchev–Trinajstić information content (AvgIpc) is 3.46. The van der Waals surface area contributed by atoms with Gasteiger partial charge in [0.15, 0.2) is 12.4 Å². The number of fused-ring (bicyclic) bond motifs is 1. The molecule has 1 aromatic heterocycles. The zero-order chi connectivity index (χ0) is 17.4. The van der Waals surface area contributed by atoms with Crippen LogP contribution >= 0.6 is 0 Å². The maximum atomic E-state index is 13.0. The van der Waals surface area contributed by atoms with E-state index < -0.39 is 0 Å². The van der Waals surface area contributed by atoms with E-state index in [-0.39, 0.29) is 18.0 Å². The number of hydrogen-bond donors (Lipinski definition) is 0. The van der Waals surface area contributed by atoms with Gasteiger partial charge in [0.2, 0.25) is 0 Å². The molecule has 4 rings (SSSR count). The first-order chi connectivity index (χ1) is 12.1. The van der Waals surface area contributed by atoms with Crippen molar-refractivity contribution in [2.75, 3.05) is 0 Å². The van der Waals surface area contributed by atoms with Gasteiger partial charge in [0.05, 0.1) is 6.04 Å². The Morgan fingerprint density at radius 3 is 2.60 bits per heavy atom. The summed E-state index contributed by atoms with van der Waals surface area (Å²) >= 11 is 0. The number of pyridine rings is 1. The second-order valence-corrected chi connectivity index (χ2v) is 6.68. The van der Waals surface area contributed by atoms with Crippen LogP contribution in [0.5, 0.6) is 0 Å². The van der Waals surface area contributed by atoms with Crippen LogP contribution in [0.1, 0.15) is 41.7 Å². The van der Waals surface area contributed by atoms with Crippen LogP contribution in [-0.2, 0) is 0 Å². The second-order valence-electron chi connectivity index (χ2n) is 6.68. The van der Waals surface area contributed by atoms with E-state index in [1.807, 2.05) is 17.0 Å². The van der Waals surface area contributed by atoms with E-state index >= 15 is 0 Å². The van der Waals surface area contributed by atoms with Gasteiger partial charge in [0, 0.05) is 12.1 Å². The number of benzene rings is 2. The summed E-state index contributed by atoms with van der Waals surface area (Å²) in [5.41, 5.74) is 1.56. The number of aromatic nitrogens is 1. The largest absolute Gasteiger partial charge is 0.619 e. The van der Waals surface area contributed by atoms with E-state index in [1.165, 1.54) is 23.2 Å². The number of nitrogens with zero attached hydrogens (tertiary/aromatic N) is 2. The van der Waals surface area contributed by atoms with E-state index in [4.69, 9.17) is 0 Å². The summed E-state index contributed by atoms with van der Waals surface area (Å²) in [4.78, 5) is 15.0. The Morgan fingerprint density at radius 2 is 1.88 bits per heavy atom. The van der Waals surface area contributed by atoms with Crippen LogP contribution in [0.3, 0.4) is 0 Å². The quantitative estimate of drug-likeness (QED) is 0.538. The molecule has 0 aliphatic heterocycles. The zero-order valence-electron chi connectivity index (χ0n) is 14.1. The molecular weight excluding hydrogens is 312 g/mol.